The third-order valence-corrected chi connectivity index (χ3v) is 3.20. The smallest absolute Gasteiger partial charge is 0.269 e. The summed E-state index contributed by atoms with van der Waals surface area (Å²) in [5.41, 5.74) is -0.731. The maximum Gasteiger partial charge on any atom is 0.269 e. The van der Waals surface area contributed by atoms with Crippen LogP contribution in [0.1, 0.15) is 18.9 Å². The number of thioether (sulfide) groups is 1. The lowest BCUT2D eigenvalue weighted by Crippen LogP contribution is -2.03. The molecule has 0 aromatic heterocycles. The molecule has 1 aromatic carbocycles. The van der Waals surface area contributed by atoms with Gasteiger partial charge in [-0.1, -0.05) is 6.92 Å². The fraction of sp³-hybridized carbons (Fsp3) is 0.400. The Kier molecular flexibility index (Phi) is 4.83. The fourth-order valence-corrected chi connectivity index (χ4v) is 2.12. The molecule has 0 aliphatic carbocycles. The fourth-order valence-electron chi connectivity index (χ4n) is 1.18. The van der Waals surface area contributed by atoms with E-state index in [0.29, 0.717) is 0 Å². The van der Waals surface area contributed by atoms with Crippen molar-refractivity contribution in [1.82, 2.24) is 0 Å². The number of nitro groups is 1. The largest absolute Gasteiger partial charge is 0.395 e. The van der Waals surface area contributed by atoms with Crippen LogP contribution in [-0.4, -0.2) is 21.9 Å². The first-order valence-electron chi connectivity index (χ1n) is 4.79. The van der Waals surface area contributed by atoms with Crippen LogP contribution >= 0.6 is 11.8 Å². The summed E-state index contributed by atoms with van der Waals surface area (Å²) in [5, 5.41) is 19.1. The average Bonchev–Trinajstić information content (AvgIpc) is 2.28. The van der Waals surface area contributed by atoms with Crippen LogP contribution in [0.3, 0.4) is 0 Å². The van der Waals surface area contributed by atoms with Gasteiger partial charge in [0.25, 0.3) is 12.1 Å². The number of halogens is 2. The van der Waals surface area contributed by atoms with Gasteiger partial charge >= 0.3 is 0 Å². The lowest BCUT2D eigenvalue weighted by Gasteiger charge is -2.11. The van der Waals surface area contributed by atoms with E-state index in [1.807, 2.05) is 0 Å². The van der Waals surface area contributed by atoms with Crippen molar-refractivity contribution in [3.63, 3.8) is 0 Å². The zero-order chi connectivity index (χ0) is 13.0. The number of alkyl halides is 2. The third-order valence-electron chi connectivity index (χ3n) is 2.02. The molecule has 0 aliphatic heterocycles. The number of nitro benzene ring substituents is 1. The molecule has 94 valence electrons. The number of aliphatic hydroxyl groups excluding tert-OH is 1. The van der Waals surface area contributed by atoms with Gasteiger partial charge < -0.3 is 5.11 Å². The summed E-state index contributed by atoms with van der Waals surface area (Å²) >= 11 is 1.07. The van der Waals surface area contributed by atoms with Crippen molar-refractivity contribution < 1.29 is 18.8 Å². The summed E-state index contributed by atoms with van der Waals surface area (Å²) in [6.07, 6.45) is -2.77. The molecule has 1 atom stereocenters. The molecule has 0 saturated heterocycles. The summed E-state index contributed by atoms with van der Waals surface area (Å²) in [6, 6.07) is 3.34. The minimum absolute atomic E-state index is 0.148. The van der Waals surface area contributed by atoms with Crippen LogP contribution in [-0.2, 0) is 0 Å². The van der Waals surface area contributed by atoms with E-state index in [1.165, 1.54) is 12.1 Å². The second kappa shape index (κ2) is 5.92. The molecule has 0 aliphatic rings. The molecule has 0 spiro atoms. The van der Waals surface area contributed by atoms with E-state index in [9.17, 15) is 18.9 Å². The zero-order valence-corrected chi connectivity index (χ0v) is 9.79. The van der Waals surface area contributed by atoms with E-state index in [0.717, 1.165) is 17.8 Å². The Labute approximate surface area is 101 Å². The highest BCUT2D eigenvalue weighted by Gasteiger charge is 2.19. The minimum Gasteiger partial charge on any atom is -0.395 e. The molecule has 1 aromatic rings. The quantitative estimate of drug-likeness (QED) is 0.504. The third kappa shape index (κ3) is 3.64. The number of rotatable bonds is 5. The van der Waals surface area contributed by atoms with Crippen molar-refractivity contribution >= 4 is 17.4 Å². The summed E-state index contributed by atoms with van der Waals surface area (Å²) < 4.78 is 25.5. The lowest BCUT2D eigenvalue weighted by molar-refractivity contribution is -0.385. The predicted molar refractivity (Wildman–Crippen MR) is 60.5 cm³/mol. The van der Waals surface area contributed by atoms with Crippen LogP contribution in [0.2, 0.25) is 0 Å². The highest BCUT2D eigenvalue weighted by Crippen LogP contribution is 2.35. The Morgan fingerprint density at radius 2 is 2.18 bits per heavy atom. The topological polar surface area (TPSA) is 63.4 Å². The van der Waals surface area contributed by atoms with Crippen molar-refractivity contribution in [2.75, 3.05) is 6.61 Å². The molecule has 1 unspecified atom stereocenters. The summed E-state index contributed by atoms with van der Waals surface area (Å²) in [4.78, 5) is 10.0. The SMILES string of the molecule is CC(CO)Sc1ccc([N+](=O)[O-])cc1C(F)F. The van der Waals surface area contributed by atoms with Crippen molar-refractivity contribution in [2.45, 2.75) is 23.5 Å². The Morgan fingerprint density at radius 3 is 2.65 bits per heavy atom. The number of hydrogen-bond donors (Lipinski definition) is 1. The van der Waals surface area contributed by atoms with Crippen LogP contribution in [0.15, 0.2) is 23.1 Å². The van der Waals surface area contributed by atoms with E-state index in [1.54, 1.807) is 6.92 Å². The van der Waals surface area contributed by atoms with Crippen LogP contribution < -0.4 is 0 Å². The van der Waals surface area contributed by atoms with Gasteiger partial charge in [-0.15, -0.1) is 11.8 Å². The second-order valence-corrected chi connectivity index (χ2v) is 4.87. The van der Waals surface area contributed by atoms with E-state index in [4.69, 9.17) is 5.11 Å². The molecule has 7 heteroatoms. The Morgan fingerprint density at radius 1 is 1.53 bits per heavy atom. The van der Waals surface area contributed by atoms with Crippen LogP contribution in [0, 0.1) is 10.1 Å². The highest BCUT2D eigenvalue weighted by atomic mass is 32.2. The van der Waals surface area contributed by atoms with Crippen LogP contribution in [0.25, 0.3) is 0 Å². The van der Waals surface area contributed by atoms with Crippen LogP contribution in [0.5, 0.6) is 0 Å². The van der Waals surface area contributed by atoms with Gasteiger partial charge in [-0.3, -0.25) is 10.1 Å². The van der Waals surface area contributed by atoms with E-state index in [2.05, 4.69) is 0 Å². The molecule has 0 saturated carbocycles. The molecule has 1 N–H and O–H groups in total. The summed E-state index contributed by atoms with van der Waals surface area (Å²) in [7, 11) is 0. The van der Waals surface area contributed by atoms with Crippen molar-refractivity contribution in [2.24, 2.45) is 0 Å². The molecule has 0 bridgehead atoms. The van der Waals surface area contributed by atoms with Gasteiger partial charge in [0.2, 0.25) is 0 Å². The number of aliphatic hydroxyl groups is 1. The van der Waals surface area contributed by atoms with E-state index in [-0.39, 0.29) is 28.0 Å². The average molecular weight is 263 g/mol. The van der Waals surface area contributed by atoms with Gasteiger partial charge in [0, 0.05) is 27.8 Å². The highest BCUT2D eigenvalue weighted by molar-refractivity contribution is 8.00. The molecular weight excluding hydrogens is 252 g/mol. The van der Waals surface area contributed by atoms with Crippen molar-refractivity contribution in [1.29, 1.82) is 0 Å². The maximum absolute atomic E-state index is 12.7. The zero-order valence-electron chi connectivity index (χ0n) is 8.97. The van der Waals surface area contributed by atoms with Crippen molar-refractivity contribution in [3.8, 4) is 0 Å². The second-order valence-electron chi connectivity index (χ2n) is 3.39. The first kappa shape index (κ1) is 13.9. The molecular formula is C10H11F2NO3S. The van der Waals surface area contributed by atoms with Crippen LogP contribution in [0.4, 0.5) is 14.5 Å². The Bertz CT molecular complexity index is 415. The Hall–Kier alpha value is -1.21. The number of non-ortho nitro benzene ring substituents is 1. The first-order valence-corrected chi connectivity index (χ1v) is 5.67. The number of benzene rings is 1. The van der Waals surface area contributed by atoms with Gasteiger partial charge in [0.05, 0.1) is 11.5 Å². The molecule has 1 rings (SSSR count). The van der Waals surface area contributed by atoms with Crippen molar-refractivity contribution in [3.05, 3.63) is 33.9 Å². The standard InChI is InChI=1S/C10H11F2NO3S/c1-6(5-14)17-9-3-2-7(13(15)16)4-8(9)10(11)12/h2-4,6,10,14H,5H2,1H3. The summed E-state index contributed by atoms with van der Waals surface area (Å²) in [6.45, 7) is 1.53. The normalized spacial score (nSPS) is 12.8. The number of hydrogen-bond acceptors (Lipinski definition) is 4. The molecule has 0 fully saturated rings. The first-order chi connectivity index (χ1) is 7.95. The molecule has 4 nitrogen and oxygen atoms in total. The molecule has 0 radical (unpaired) electrons. The Balaban J connectivity index is 3.08. The van der Waals surface area contributed by atoms with E-state index >= 15 is 0 Å². The minimum atomic E-state index is -2.77. The van der Waals surface area contributed by atoms with Gasteiger partial charge in [-0.05, 0) is 6.07 Å². The predicted octanol–water partition coefficient (Wildman–Crippen LogP) is 3.01. The molecule has 0 amide bonds. The lowest BCUT2D eigenvalue weighted by atomic mass is 10.2. The van der Waals surface area contributed by atoms with E-state index < -0.39 is 11.3 Å². The van der Waals surface area contributed by atoms with Gasteiger partial charge in [-0.2, -0.15) is 0 Å². The van der Waals surface area contributed by atoms with Gasteiger partial charge in [-0.25, -0.2) is 8.78 Å². The summed E-state index contributed by atoms with van der Waals surface area (Å²) in [5.74, 6) is 0. The maximum atomic E-state index is 12.7. The number of nitrogens with zero attached hydrogens (tertiary/aromatic N) is 1. The van der Waals surface area contributed by atoms with Gasteiger partial charge in [0.1, 0.15) is 0 Å². The molecule has 0 heterocycles. The van der Waals surface area contributed by atoms with Gasteiger partial charge in [0.15, 0.2) is 0 Å². The molecule has 17 heavy (non-hydrogen) atoms. The monoisotopic (exact) mass is 263 g/mol.